The second-order valence-electron chi connectivity index (χ2n) is 5.16. The molecule has 0 aliphatic carbocycles. The average molecular weight is 390 g/mol. The first kappa shape index (κ1) is 17.8. The molecule has 0 amide bonds. The maximum Gasteiger partial charge on any atom is 0.349 e. The van der Waals surface area contributed by atoms with Crippen molar-refractivity contribution < 1.29 is 9.59 Å². The number of nitrogens with one attached hydrogen (secondary N) is 1. The van der Waals surface area contributed by atoms with Crippen LogP contribution in [0.5, 0.6) is 0 Å². The predicted molar refractivity (Wildman–Crippen MR) is 95.5 cm³/mol. The molecular weight excluding hydrogens is 381 g/mol. The van der Waals surface area contributed by atoms with Crippen molar-refractivity contribution in [2.45, 2.75) is 0 Å². The van der Waals surface area contributed by atoms with E-state index in [1.165, 1.54) is 30.3 Å². The van der Waals surface area contributed by atoms with Crippen LogP contribution in [0.2, 0.25) is 5.02 Å². The third kappa shape index (κ3) is 3.35. The van der Waals surface area contributed by atoms with E-state index in [-0.39, 0.29) is 27.4 Å². The van der Waals surface area contributed by atoms with Crippen LogP contribution in [-0.2, 0) is 0 Å². The number of carbonyl (C=O) groups is 2. The molecule has 0 unspecified atom stereocenters. The summed E-state index contributed by atoms with van der Waals surface area (Å²) in [6.45, 7) is 0. The van der Waals surface area contributed by atoms with Crippen molar-refractivity contribution in [3.8, 4) is 5.69 Å². The fourth-order valence-electron chi connectivity index (χ4n) is 2.35. The van der Waals surface area contributed by atoms with Crippen molar-refractivity contribution in [1.29, 1.82) is 0 Å². The lowest BCUT2D eigenvalue weighted by Crippen LogP contribution is -2.30. The average Bonchev–Trinajstić information content (AvgIpc) is 2.62. The first-order valence-corrected chi connectivity index (χ1v) is 7.96. The van der Waals surface area contributed by atoms with Crippen LogP contribution in [0.4, 0.5) is 0 Å². The third-order valence-electron chi connectivity index (χ3n) is 3.54. The monoisotopic (exact) mass is 389 g/mol. The molecule has 1 heterocycles. The van der Waals surface area contributed by atoms with Gasteiger partial charge in [-0.1, -0.05) is 29.8 Å². The summed E-state index contributed by atoms with van der Waals surface area (Å²) in [6, 6.07) is 10.3. The maximum atomic E-state index is 12.9. The van der Waals surface area contributed by atoms with E-state index < -0.39 is 22.3 Å². The van der Waals surface area contributed by atoms with Crippen molar-refractivity contribution in [1.82, 2.24) is 14.8 Å². The summed E-state index contributed by atoms with van der Waals surface area (Å²) in [5.41, 5.74) is -1.03. The standard InChI is InChI=1S/C17H9Cl2N3O4/c18-13-6-5-9(22-17(26)21-14(23)8-20-22)7-12(13)15(24)10-3-1-2-4-11(10)16(19)25/h1-8H,(H,21,23,26). The van der Waals surface area contributed by atoms with Gasteiger partial charge in [0.15, 0.2) is 5.78 Å². The highest BCUT2D eigenvalue weighted by molar-refractivity contribution is 6.68. The van der Waals surface area contributed by atoms with Gasteiger partial charge in [-0.3, -0.25) is 19.4 Å². The van der Waals surface area contributed by atoms with E-state index >= 15 is 0 Å². The van der Waals surface area contributed by atoms with Crippen molar-refractivity contribution in [2.24, 2.45) is 0 Å². The highest BCUT2D eigenvalue weighted by Crippen LogP contribution is 2.24. The zero-order valence-electron chi connectivity index (χ0n) is 12.9. The van der Waals surface area contributed by atoms with E-state index in [1.54, 1.807) is 12.1 Å². The lowest BCUT2D eigenvalue weighted by Gasteiger charge is -2.09. The molecule has 3 rings (SSSR count). The molecule has 2 aromatic carbocycles. The highest BCUT2D eigenvalue weighted by atomic mass is 35.5. The molecule has 0 aliphatic heterocycles. The molecule has 0 spiro atoms. The normalized spacial score (nSPS) is 10.5. The number of halogens is 2. The summed E-state index contributed by atoms with van der Waals surface area (Å²) in [7, 11) is 0. The zero-order chi connectivity index (χ0) is 18.8. The first-order chi connectivity index (χ1) is 12.4. The first-order valence-electron chi connectivity index (χ1n) is 7.20. The number of H-pyrrole nitrogens is 1. The molecule has 0 saturated carbocycles. The minimum atomic E-state index is -0.778. The van der Waals surface area contributed by atoms with Gasteiger partial charge in [0.05, 0.1) is 10.7 Å². The smallest absolute Gasteiger partial charge is 0.289 e. The fourth-order valence-corrected chi connectivity index (χ4v) is 2.72. The Morgan fingerprint density at radius 1 is 1.00 bits per heavy atom. The minimum absolute atomic E-state index is 0.0416. The van der Waals surface area contributed by atoms with Crippen molar-refractivity contribution in [3.63, 3.8) is 0 Å². The Labute approximate surface area is 155 Å². The second kappa shape index (κ2) is 7.07. The summed E-state index contributed by atoms with van der Waals surface area (Å²) in [4.78, 5) is 49.5. The molecule has 0 aliphatic rings. The van der Waals surface area contributed by atoms with E-state index in [9.17, 15) is 19.2 Å². The number of aromatic amines is 1. The zero-order valence-corrected chi connectivity index (χ0v) is 14.4. The van der Waals surface area contributed by atoms with Gasteiger partial charge in [-0.05, 0) is 35.9 Å². The van der Waals surface area contributed by atoms with Gasteiger partial charge in [0.2, 0.25) is 0 Å². The van der Waals surface area contributed by atoms with Crippen LogP contribution in [0, 0.1) is 0 Å². The van der Waals surface area contributed by atoms with Gasteiger partial charge in [-0.2, -0.15) is 9.78 Å². The van der Waals surface area contributed by atoms with E-state index in [4.69, 9.17) is 23.2 Å². The number of rotatable bonds is 4. The van der Waals surface area contributed by atoms with Gasteiger partial charge in [0, 0.05) is 16.7 Å². The molecule has 130 valence electrons. The quantitative estimate of drug-likeness (QED) is 0.544. The van der Waals surface area contributed by atoms with Crippen LogP contribution in [0.3, 0.4) is 0 Å². The maximum absolute atomic E-state index is 12.9. The molecule has 0 atom stereocenters. The van der Waals surface area contributed by atoms with Gasteiger partial charge in [0.1, 0.15) is 6.20 Å². The van der Waals surface area contributed by atoms with E-state index in [1.807, 2.05) is 0 Å². The molecule has 0 saturated heterocycles. The Morgan fingerprint density at radius 3 is 2.35 bits per heavy atom. The van der Waals surface area contributed by atoms with Gasteiger partial charge in [-0.15, -0.1) is 0 Å². The summed E-state index contributed by atoms with van der Waals surface area (Å²) < 4.78 is 0.910. The number of ketones is 1. The Balaban J connectivity index is 2.15. The summed E-state index contributed by atoms with van der Waals surface area (Å²) in [5.74, 6) is -0.543. The highest BCUT2D eigenvalue weighted by Gasteiger charge is 2.20. The van der Waals surface area contributed by atoms with Crippen LogP contribution in [0.25, 0.3) is 5.69 Å². The number of hydrogen-bond donors (Lipinski definition) is 1. The van der Waals surface area contributed by atoms with Crippen LogP contribution in [-0.4, -0.2) is 25.8 Å². The molecule has 1 aromatic heterocycles. The predicted octanol–water partition coefficient (Wildman–Crippen LogP) is 2.18. The molecule has 0 fully saturated rings. The Morgan fingerprint density at radius 2 is 1.69 bits per heavy atom. The largest absolute Gasteiger partial charge is 0.349 e. The van der Waals surface area contributed by atoms with Crippen molar-refractivity contribution in [3.05, 3.63) is 91.2 Å². The molecule has 3 aromatic rings. The molecule has 0 bridgehead atoms. The van der Waals surface area contributed by atoms with Gasteiger partial charge in [0.25, 0.3) is 10.8 Å². The van der Waals surface area contributed by atoms with Gasteiger partial charge >= 0.3 is 5.69 Å². The minimum Gasteiger partial charge on any atom is -0.289 e. The van der Waals surface area contributed by atoms with Crippen molar-refractivity contribution >= 4 is 34.2 Å². The Bertz CT molecular complexity index is 1150. The molecule has 0 radical (unpaired) electrons. The topological polar surface area (TPSA) is 102 Å². The number of carbonyl (C=O) groups excluding carboxylic acids is 2. The van der Waals surface area contributed by atoms with E-state index in [0.29, 0.717) is 0 Å². The fraction of sp³-hybridized carbons (Fsp3) is 0. The molecule has 7 nitrogen and oxygen atoms in total. The number of hydrogen-bond acceptors (Lipinski definition) is 5. The van der Waals surface area contributed by atoms with E-state index in [2.05, 4.69) is 10.1 Å². The SMILES string of the molecule is O=C(Cl)c1ccccc1C(=O)c1cc(-n2ncc(=O)[nH]c2=O)ccc1Cl. The van der Waals surface area contributed by atoms with Gasteiger partial charge in [-0.25, -0.2) is 4.79 Å². The molecule has 1 N–H and O–H groups in total. The Hall–Kier alpha value is -3.03. The number of benzene rings is 2. The van der Waals surface area contributed by atoms with Crippen LogP contribution in [0.1, 0.15) is 26.3 Å². The molecular formula is C17H9Cl2N3O4. The van der Waals surface area contributed by atoms with Gasteiger partial charge < -0.3 is 0 Å². The van der Waals surface area contributed by atoms with E-state index in [0.717, 1.165) is 10.9 Å². The third-order valence-corrected chi connectivity index (χ3v) is 4.07. The van der Waals surface area contributed by atoms with Crippen LogP contribution in [0.15, 0.2) is 58.3 Å². The number of aromatic nitrogens is 3. The second-order valence-corrected chi connectivity index (χ2v) is 5.91. The molecule has 26 heavy (non-hydrogen) atoms. The van der Waals surface area contributed by atoms with Crippen LogP contribution >= 0.6 is 23.2 Å². The summed E-state index contributed by atoms with van der Waals surface area (Å²) >= 11 is 11.7. The summed E-state index contributed by atoms with van der Waals surface area (Å²) in [5, 5.41) is 3.07. The molecule has 9 heteroatoms. The summed E-state index contributed by atoms with van der Waals surface area (Å²) in [6.07, 6.45) is 0.930. The van der Waals surface area contributed by atoms with Crippen LogP contribution < -0.4 is 11.2 Å². The Kier molecular flexibility index (Phi) is 4.83. The lowest BCUT2D eigenvalue weighted by atomic mass is 9.98. The van der Waals surface area contributed by atoms with Crippen molar-refractivity contribution in [2.75, 3.05) is 0 Å². The lowest BCUT2D eigenvalue weighted by molar-refractivity contribution is 0.102. The number of nitrogens with zero attached hydrogens (tertiary/aromatic N) is 2.